The summed E-state index contributed by atoms with van der Waals surface area (Å²) in [6.45, 7) is 8.38. The number of ketones is 1. The average Bonchev–Trinajstić information content (AvgIpc) is 3.25. The van der Waals surface area contributed by atoms with Gasteiger partial charge < -0.3 is 14.5 Å². The highest BCUT2D eigenvalue weighted by molar-refractivity contribution is 6.02. The van der Waals surface area contributed by atoms with Crippen molar-refractivity contribution in [3.8, 4) is 0 Å². The molecule has 156 valence electrons. The van der Waals surface area contributed by atoms with Gasteiger partial charge >= 0.3 is 5.97 Å². The molecular weight excluding hydrogens is 378 g/mol. The molecule has 3 aromatic rings. The number of carbonyl (C=O) groups is 2. The highest BCUT2D eigenvalue weighted by Gasteiger charge is 2.22. The fourth-order valence-corrected chi connectivity index (χ4v) is 3.06. The number of hydrogen-bond acceptors (Lipinski definition) is 5. The molecule has 30 heavy (non-hydrogen) atoms. The molecule has 5 heteroatoms. The zero-order valence-electron chi connectivity index (χ0n) is 17.8. The molecule has 0 saturated carbocycles. The van der Waals surface area contributed by atoms with E-state index in [1.165, 1.54) is 0 Å². The lowest BCUT2D eigenvalue weighted by atomic mass is 9.86. The average molecular weight is 405 g/mol. The van der Waals surface area contributed by atoms with Gasteiger partial charge in [0.05, 0.1) is 18.4 Å². The fraction of sp³-hybridized carbons (Fsp3) is 0.280. The lowest BCUT2D eigenvalue weighted by Crippen LogP contribution is -2.25. The van der Waals surface area contributed by atoms with Crippen LogP contribution < -0.4 is 5.32 Å². The molecule has 1 heterocycles. The minimum atomic E-state index is -0.892. The van der Waals surface area contributed by atoms with Gasteiger partial charge in [0.1, 0.15) is 5.76 Å². The van der Waals surface area contributed by atoms with Gasteiger partial charge in [0.25, 0.3) is 0 Å². The van der Waals surface area contributed by atoms with Gasteiger partial charge in [0, 0.05) is 11.3 Å². The van der Waals surface area contributed by atoms with Crippen molar-refractivity contribution in [3.05, 3.63) is 89.4 Å². The Balaban J connectivity index is 1.67. The first kappa shape index (κ1) is 21.4. The Morgan fingerprint density at radius 3 is 2.33 bits per heavy atom. The van der Waals surface area contributed by atoms with Crippen LogP contribution in [0.15, 0.2) is 71.3 Å². The number of anilines is 1. The monoisotopic (exact) mass is 405 g/mol. The Bertz CT molecular complexity index is 998. The Morgan fingerprint density at radius 2 is 1.70 bits per heavy atom. The number of benzene rings is 2. The third-order valence-corrected chi connectivity index (χ3v) is 4.87. The summed E-state index contributed by atoms with van der Waals surface area (Å²) in [5.41, 5.74) is 2.65. The summed E-state index contributed by atoms with van der Waals surface area (Å²) in [6, 6.07) is 18.1. The van der Waals surface area contributed by atoms with Crippen molar-refractivity contribution in [1.82, 2.24) is 0 Å². The molecule has 1 aromatic heterocycles. The quantitative estimate of drug-likeness (QED) is 0.408. The first-order valence-corrected chi connectivity index (χ1v) is 9.97. The van der Waals surface area contributed by atoms with Crippen molar-refractivity contribution in [2.75, 3.05) is 5.32 Å². The summed E-state index contributed by atoms with van der Waals surface area (Å²) in [5.74, 6) is -0.0324. The van der Waals surface area contributed by atoms with Crippen LogP contribution in [0.3, 0.4) is 0 Å². The van der Waals surface area contributed by atoms with E-state index in [-0.39, 0.29) is 11.2 Å². The predicted molar refractivity (Wildman–Crippen MR) is 117 cm³/mol. The summed E-state index contributed by atoms with van der Waals surface area (Å²) in [4.78, 5) is 25.5. The minimum absolute atomic E-state index is 0.00597. The lowest BCUT2D eigenvalue weighted by molar-refractivity contribution is 0.0319. The van der Waals surface area contributed by atoms with Crippen LogP contribution in [-0.4, -0.2) is 17.9 Å². The predicted octanol–water partition coefficient (Wildman–Crippen LogP) is 5.62. The molecule has 0 bridgehead atoms. The summed E-state index contributed by atoms with van der Waals surface area (Å²) in [5, 5.41) is 3.17. The SMILES string of the molecule is C[C@@H](OC(=O)c1ccccc1NCc1ccco1)C(=O)c1ccc(C(C)(C)C)cc1. The summed E-state index contributed by atoms with van der Waals surface area (Å²) >= 11 is 0. The molecular formula is C25H27NO4. The Labute approximate surface area is 177 Å². The van der Waals surface area contributed by atoms with Gasteiger partial charge in [-0.05, 0) is 42.2 Å². The van der Waals surface area contributed by atoms with Gasteiger partial charge in [0.2, 0.25) is 5.78 Å². The van der Waals surface area contributed by atoms with Crippen LogP contribution in [0.25, 0.3) is 0 Å². The van der Waals surface area contributed by atoms with E-state index in [2.05, 4.69) is 26.1 Å². The zero-order valence-corrected chi connectivity index (χ0v) is 17.8. The molecule has 0 saturated heterocycles. The molecule has 0 spiro atoms. The van der Waals surface area contributed by atoms with Crippen molar-refractivity contribution in [2.45, 2.75) is 45.8 Å². The zero-order chi connectivity index (χ0) is 21.7. The highest BCUT2D eigenvalue weighted by atomic mass is 16.5. The van der Waals surface area contributed by atoms with Crippen LogP contribution in [0.2, 0.25) is 0 Å². The molecule has 0 unspecified atom stereocenters. The fourth-order valence-electron chi connectivity index (χ4n) is 3.06. The van der Waals surface area contributed by atoms with E-state index >= 15 is 0 Å². The highest BCUT2D eigenvalue weighted by Crippen LogP contribution is 2.23. The maximum absolute atomic E-state index is 12.7. The second-order valence-corrected chi connectivity index (χ2v) is 8.22. The van der Waals surface area contributed by atoms with Crippen molar-refractivity contribution in [1.29, 1.82) is 0 Å². The van der Waals surface area contributed by atoms with Crippen molar-refractivity contribution >= 4 is 17.4 Å². The summed E-state index contributed by atoms with van der Waals surface area (Å²) in [7, 11) is 0. The van der Waals surface area contributed by atoms with Crippen LogP contribution in [0.1, 0.15) is 59.7 Å². The second kappa shape index (κ2) is 8.99. The molecule has 1 N–H and O–H groups in total. The van der Waals surface area contributed by atoms with E-state index in [1.807, 2.05) is 24.3 Å². The number of furan rings is 1. The Hall–Kier alpha value is -3.34. The molecule has 0 fully saturated rings. The number of hydrogen-bond donors (Lipinski definition) is 1. The number of Topliss-reactive ketones (excluding diaryl/α,β-unsaturated/α-hetero) is 1. The molecule has 0 aliphatic heterocycles. The molecule has 2 aromatic carbocycles. The lowest BCUT2D eigenvalue weighted by Gasteiger charge is -2.19. The number of para-hydroxylation sites is 1. The van der Waals surface area contributed by atoms with E-state index in [9.17, 15) is 9.59 Å². The van der Waals surface area contributed by atoms with Gasteiger partial charge in [-0.3, -0.25) is 4.79 Å². The number of ether oxygens (including phenoxy) is 1. The number of esters is 1. The molecule has 0 aliphatic carbocycles. The topological polar surface area (TPSA) is 68.5 Å². The van der Waals surface area contributed by atoms with E-state index in [4.69, 9.17) is 9.15 Å². The molecule has 3 rings (SSSR count). The van der Waals surface area contributed by atoms with Crippen molar-refractivity contribution in [2.24, 2.45) is 0 Å². The van der Waals surface area contributed by atoms with Crippen LogP contribution in [-0.2, 0) is 16.7 Å². The van der Waals surface area contributed by atoms with Crippen LogP contribution in [0.5, 0.6) is 0 Å². The smallest absolute Gasteiger partial charge is 0.340 e. The minimum Gasteiger partial charge on any atom is -0.467 e. The standard InChI is InChI=1S/C25H27NO4/c1-17(23(27)18-11-13-19(14-12-18)25(2,3)4)30-24(28)21-9-5-6-10-22(21)26-16-20-8-7-15-29-20/h5-15,17,26H,16H2,1-4H3/t17-/m1/s1. The first-order valence-electron chi connectivity index (χ1n) is 9.97. The van der Waals surface area contributed by atoms with Gasteiger partial charge in [-0.1, -0.05) is 57.2 Å². The molecule has 0 aliphatic rings. The molecule has 1 atom stereocenters. The van der Waals surface area contributed by atoms with Gasteiger partial charge in [0.15, 0.2) is 6.10 Å². The number of nitrogens with one attached hydrogen (secondary N) is 1. The molecule has 5 nitrogen and oxygen atoms in total. The van der Waals surface area contributed by atoms with E-state index in [0.717, 1.165) is 11.3 Å². The van der Waals surface area contributed by atoms with E-state index in [1.54, 1.807) is 49.6 Å². The van der Waals surface area contributed by atoms with Crippen LogP contribution in [0.4, 0.5) is 5.69 Å². The summed E-state index contributed by atoms with van der Waals surface area (Å²) in [6.07, 6.45) is 0.703. The second-order valence-electron chi connectivity index (χ2n) is 8.22. The van der Waals surface area contributed by atoms with Crippen molar-refractivity contribution < 1.29 is 18.7 Å². The van der Waals surface area contributed by atoms with E-state index < -0.39 is 12.1 Å². The van der Waals surface area contributed by atoms with Crippen molar-refractivity contribution in [3.63, 3.8) is 0 Å². The normalized spacial score (nSPS) is 12.3. The number of carbonyl (C=O) groups excluding carboxylic acids is 2. The van der Waals surface area contributed by atoms with Crippen LogP contribution >= 0.6 is 0 Å². The Morgan fingerprint density at radius 1 is 1.00 bits per heavy atom. The van der Waals surface area contributed by atoms with Gasteiger partial charge in [-0.15, -0.1) is 0 Å². The third kappa shape index (κ3) is 5.17. The van der Waals surface area contributed by atoms with Gasteiger partial charge in [-0.2, -0.15) is 0 Å². The Kier molecular flexibility index (Phi) is 6.40. The first-order chi connectivity index (χ1) is 14.3. The van der Waals surface area contributed by atoms with E-state index in [0.29, 0.717) is 23.4 Å². The number of rotatable bonds is 7. The maximum atomic E-state index is 12.7. The van der Waals surface area contributed by atoms with Crippen LogP contribution in [0, 0.1) is 0 Å². The largest absolute Gasteiger partial charge is 0.467 e. The molecule has 0 radical (unpaired) electrons. The van der Waals surface area contributed by atoms with Gasteiger partial charge in [-0.25, -0.2) is 4.79 Å². The maximum Gasteiger partial charge on any atom is 0.340 e. The summed E-state index contributed by atoms with van der Waals surface area (Å²) < 4.78 is 10.8. The molecule has 0 amide bonds. The third-order valence-electron chi connectivity index (χ3n) is 4.87.